The van der Waals surface area contributed by atoms with Crippen molar-refractivity contribution in [3.8, 4) is 0 Å². The van der Waals surface area contributed by atoms with Crippen LogP contribution in [0.4, 0.5) is 5.69 Å². The van der Waals surface area contributed by atoms with Crippen LogP contribution < -0.4 is 5.32 Å². The van der Waals surface area contributed by atoms with Crippen molar-refractivity contribution < 1.29 is 9.90 Å². The van der Waals surface area contributed by atoms with Gasteiger partial charge in [-0.05, 0) is 42.9 Å². The Hall–Kier alpha value is -1.16. The molecule has 1 aromatic carbocycles. The van der Waals surface area contributed by atoms with E-state index in [2.05, 4.69) is 36.5 Å². The number of carbonyl (C=O) groups is 1. The molecule has 2 N–H and O–H groups in total. The molecule has 0 atom stereocenters. The molecule has 0 aliphatic carbocycles. The molecule has 0 aromatic heterocycles. The molecule has 0 spiro atoms. The van der Waals surface area contributed by atoms with Crippen molar-refractivity contribution in [2.45, 2.75) is 31.1 Å². The van der Waals surface area contributed by atoms with Gasteiger partial charge in [-0.15, -0.1) is 11.8 Å². The minimum atomic E-state index is -0.717. The maximum Gasteiger partial charge on any atom is 0.303 e. The molecule has 4 heteroatoms. The zero-order valence-corrected chi connectivity index (χ0v) is 10.9. The summed E-state index contributed by atoms with van der Waals surface area (Å²) in [5, 5.41) is 11.8. The SMILES string of the molecule is CCSc1ccc(NCCCCC(=O)O)cc1. The molecular formula is C13H19NO2S. The van der Waals surface area contributed by atoms with Gasteiger partial charge in [0.2, 0.25) is 0 Å². The standard InChI is InChI=1S/C13H19NO2S/c1-2-17-12-8-6-11(7-9-12)14-10-4-3-5-13(15)16/h6-9,14H,2-5,10H2,1H3,(H,15,16). The molecule has 94 valence electrons. The van der Waals surface area contributed by atoms with Crippen molar-refractivity contribution in [3.05, 3.63) is 24.3 Å². The fourth-order valence-electron chi connectivity index (χ4n) is 1.47. The van der Waals surface area contributed by atoms with Gasteiger partial charge in [-0.2, -0.15) is 0 Å². The molecular weight excluding hydrogens is 234 g/mol. The Morgan fingerprint density at radius 1 is 1.29 bits per heavy atom. The molecule has 0 bridgehead atoms. The van der Waals surface area contributed by atoms with Crippen LogP contribution in [-0.4, -0.2) is 23.4 Å². The van der Waals surface area contributed by atoms with E-state index in [1.165, 1.54) is 4.90 Å². The lowest BCUT2D eigenvalue weighted by molar-refractivity contribution is -0.137. The lowest BCUT2D eigenvalue weighted by atomic mass is 10.2. The van der Waals surface area contributed by atoms with Crippen molar-refractivity contribution in [1.29, 1.82) is 0 Å². The molecule has 3 nitrogen and oxygen atoms in total. The average Bonchev–Trinajstić information content (AvgIpc) is 2.31. The van der Waals surface area contributed by atoms with E-state index in [9.17, 15) is 4.79 Å². The molecule has 0 heterocycles. The van der Waals surface area contributed by atoms with Crippen LogP contribution in [0.15, 0.2) is 29.2 Å². The third-order valence-corrected chi connectivity index (χ3v) is 3.21. The van der Waals surface area contributed by atoms with Crippen LogP contribution >= 0.6 is 11.8 Å². The number of anilines is 1. The van der Waals surface area contributed by atoms with Crippen LogP contribution in [0.2, 0.25) is 0 Å². The highest BCUT2D eigenvalue weighted by molar-refractivity contribution is 7.99. The highest BCUT2D eigenvalue weighted by atomic mass is 32.2. The summed E-state index contributed by atoms with van der Waals surface area (Å²) < 4.78 is 0. The molecule has 0 saturated heterocycles. The van der Waals surface area contributed by atoms with Gasteiger partial charge >= 0.3 is 5.97 Å². The number of benzene rings is 1. The number of rotatable bonds is 8. The zero-order chi connectivity index (χ0) is 12.5. The number of aliphatic carboxylic acids is 1. The third kappa shape index (κ3) is 6.22. The number of carboxylic acids is 1. The van der Waals surface area contributed by atoms with Crippen molar-refractivity contribution in [1.82, 2.24) is 0 Å². The van der Waals surface area contributed by atoms with E-state index >= 15 is 0 Å². The quantitative estimate of drug-likeness (QED) is 0.550. The van der Waals surface area contributed by atoms with Crippen LogP contribution in [-0.2, 0) is 4.79 Å². The Balaban J connectivity index is 2.20. The van der Waals surface area contributed by atoms with E-state index in [4.69, 9.17) is 5.11 Å². The molecule has 0 saturated carbocycles. The zero-order valence-electron chi connectivity index (χ0n) is 10.1. The Labute approximate surface area is 107 Å². The molecule has 0 radical (unpaired) electrons. The first kappa shape index (κ1) is 13.9. The van der Waals surface area contributed by atoms with E-state index in [1.54, 1.807) is 0 Å². The minimum Gasteiger partial charge on any atom is -0.481 e. The molecule has 0 aliphatic heterocycles. The topological polar surface area (TPSA) is 49.3 Å². The van der Waals surface area contributed by atoms with Crippen LogP contribution in [0, 0.1) is 0 Å². The van der Waals surface area contributed by atoms with Gasteiger partial charge in [0.1, 0.15) is 0 Å². The number of unbranched alkanes of at least 4 members (excludes halogenated alkanes) is 1. The largest absolute Gasteiger partial charge is 0.481 e. The van der Waals surface area contributed by atoms with E-state index in [1.807, 2.05) is 11.8 Å². The Morgan fingerprint density at radius 3 is 2.59 bits per heavy atom. The molecule has 0 fully saturated rings. The van der Waals surface area contributed by atoms with Gasteiger partial charge in [-0.25, -0.2) is 0 Å². The smallest absolute Gasteiger partial charge is 0.303 e. The molecule has 1 rings (SSSR count). The summed E-state index contributed by atoms with van der Waals surface area (Å²) in [5.74, 6) is 0.369. The number of hydrogen-bond acceptors (Lipinski definition) is 3. The van der Waals surface area contributed by atoms with Crippen molar-refractivity contribution in [3.63, 3.8) is 0 Å². The lowest BCUT2D eigenvalue weighted by Crippen LogP contribution is -2.02. The molecule has 17 heavy (non-hydrogen) atoms. The number of thioether (sulfide) groups is 1. The molecule has 0 aliphatic rings. The molecule has 0 unspecified atom stereocenters. The van der Waals surface area contributed by atoms with Gasteiger partial charge in [0.25, 0.3) is 0 Å². The van der Waals surface area contributed by atoms with E-state index < -0.39 is 5.97 Å². The highest BCUT2D eigenvalue weighted by Gasteiger charge is 1.97. The Bertz CT molecular complexity index is 338. The predicted molar refractivity (Wildman–Crippen MR) is 72.8 cm³/mol. The van der Waals surface area contributed by atoms with Crippen LogP contribution in [0.5, 0.6) is 0 Å². The summed E-state index contributed by atoms with van der Waals surface area (Å²) in [7, 11) is 0. The van der Waals surface area contributed by atoms with E-state index in [-0.39, 0.29) is 6.42 Å². The normalized spacial score (nSPS) is 10.2. The Morgan fingerprint density at radius 2 is 2.00 bits per heavy atom. The molecule has 0 amide bonds. The first-order chi connectivity index (χ1) is 8.22. The minimum absolute atomic E-state index is 0.258. The maximum absolute atomic E-state index is 10.3. The van der Waals surface area contributed by atoms with E-state index in [0.29, 0.717) is 0 Å². The van der Waals surface area contributed by atoms with Crippen molar-refractivity contribution in [2.75, 3.05) is 17.6 Å². The first-order valence-electron chi connectivity index (χ1n) is 5.91. The Kier molecular flexibility index (Phi) is 6.55. The number of carboxylic acid groups (broad SMARTS) is 1. The van der Waals surface area contributed by atoms with Crippen LogP contribution in [0.3, 0.4) is 0 Å². The van der Waals surface area contributed by atoms with Gasteiger partial charge in [-0.3, -0.25) is 4.79 Å². The second-order valence-electron chi connectivity index (χ2n) is 3.74. The second-order valence-corrected chi connectivity index (χ2v) is 5.07. The summed E-state index contributed by atoms with van der Waals surface area (Å²) in [6, 6.07) is 8.34. The maximum atomic E-state index is 10.3. The van der Waals surface area contributed by atoms with Gasteiger partial charge in [-0.1, -0.05) is 6.92 Å². The summed E-state index contributed by atoms with van der Waals surface area (Å²) in [5.41, 5.74) is 1.10. The van der Waals surface area contributed by atoms with E-state index in [0.717, 1.165) is 30.8 Å². The second kappa shape index (κ2) is 8.01. The monoisotopic (exact) mass is 253 g/mol. The predicted octanol–water partition coefficient (Wildman–Crippen LogP) is 3.47. The average molecular weight is 253 g/mol. The highest BCUT2D eigenvalue weighted by Crippen LogP contribution is 2.19. The third-order valence-electron chi connectivity index (χ3n) is 2.31. The van der Waals surface area contributed by atoms with Crippen LogP contribution in [0.1, 0.15) is 26.2 Å². The van der Waals surface area contributed by atoms with Crippen molar-refractivity contribution >= 4 is 23.4 Å². The van der Waals surface area contributed by atoms with Gasteiger partial charge in [0.15, 0.2) is 0 Å². The summed E-state index contributed by atoms with van der Waals surface area (Å²) in [6.07, 6.45) is 1.87. The van der Waals surface area contributed by atoms with Crippen molar-refractivity contribution in [2.24, 2.45) is 0 Å². The van der Waals surface area contributed by atoms with Crippen LogP contribution in [0.25, 0.3) is 0 Å². The lowest BCUT2D eigenvalue weighted by Gasteiger charge is -2.06. The van der Waals surface area contributed by atoms with Gasteiger partial charge < -0.3 is 10.4 Å². The molecule has 1 aromatic rings. The summed E-state index contributed by atoms with van der Waals surface area (Å²) in [6.45, 7) is 2.97. The summed E-state index contributed by atoms with van der Waals surface area (Å²) >= 11 is 1.83. The first-order valence-corrected chi connectivity index (χ1v) is 6.89. The summed E-state index contributed by atoms with van der Waals surface area (Å²) in [4.78, 5) is 11.6. The number of hydrogen-bond donors (Lipinski definition) is 2. The van der Waals surface area contributed by atoms with Gasteiger partial charge in [0.05, 0.1) is 0 Å². The van der Waals surface area contributed by atoms with Gasteiger partial charge in [0, 0.05) is 23.5 Å². The number of nitrogens with one attached hydrogen (secondary N) is 1. The fraction of sp³-hybridized carbons (Fsp3) is 0.462. The fourth-order valence-corrected chi connectivity index (χ4v) is 2.13.